The summed E-state index contributed by atoms with van der Waals surface area (Å²) in [6, 6.07) is 7.96. The largest absolute Gasteiger partial charge is 1.00 e. The predicted octanol–water partition coefficient (Wildman–Crippen LogP) is 0.408. The zero-order valence-corrected chi connectivity index (χ0v) is 17.1. The topological polar surface area (TPSA) is 52.0 Å². The van der Waals surface area contributed by atoms with E-state index in [1.807, 2.05) is 24.3 Å². The second-order valence-corrected chi connectivity index (χ2v) is 7.55. The molecule has 2 N–H and O–H groups in total. The number of rotatable bonds is 6. The highest BCUT2D eigenvalue weighted by atomic mass is 35.5. The van der Waals surface area contributed by atoms with Crippen molar-refractivity contribution in [1.82, 2.24) is 0 Å². The lowest BCUT2D eigenvalue weighted by Gasteiger charge is -2.38. The molecule has 27 heavy (non-hydrogen) atoms. The van der Waals surface area contributed by atoms with Crippen LogP contribution in [0.15, 0.2) is 24.3 Å². The zero-order chi connectivity index (χ0) is 18.2. The molecule has 2 atom stereocenters. The Morgan fingerprint density at radius 1 is 1.07 bits per heavy atom. The van der Waals surface area contributed by atoms with Crippen molar-refractivity contribution in [3.05, 3.63) is 24.3 Å². The Morgan fingerprint density at radius 3 is 2.48 bits per heavy atom. The molecule has 1 unspecified atom stereocenters. The number of carbonyl (C=O) groups excluding carboxylic acids is 1. The number of quaternary nitrogens is 1. The maximum Gasteiger partial charge on any atom is 0.412 e. The highest BCUT2D eigenvalue weighted by molar-refractivity contribution is 5.84. The number of nitrogens with one attached hydrogen (secondary N) is 2. The molecule has 1 aliphatic carbocycles. The molecule has 6 heteroatoms. The normalized spacial score (nSPS) is 23.1. The van der Waals surface area contributed by atoms with Gasteiger partial charge < -0.3 is 26.8 Å². The Bertz CT molecular complexity index is 561. The summed E-state index contributed by atoms with van der Waals surface area (Å²) in [5.41, 5.74) is 0.747. The van der Waals surface area contributed by atoms with Crippen molar-refractivity contribution in [2.75, 3.05) is 25.0 Å². The molecule has 0 bridgehead atoms. The molecular weight excluding hydrogens is 364 g/mol. The van der Waals surface area contributed by atoms with Crippen LogP contribution in [-0.4, -0.2) is 37.9 Å². The van der Waals surface area contributed by atoms with Gasteiger partial charge in [-0.3, -0.25) is 5.32 Å². The second-order valence-electron chi connectivity index (χ2n) is 7.55. The van der Waals surface area contributed by atoms with Gasteiger partial charge in [0.2, 0.25) is 0 Å². The van der Waals surface area contributed by atoms with Gasteiger partial charge in [0.25, 0.3) is 0 Å². The van der Waals surface area contributed by atoms with Crippen molar-refractivity contribution in [2.24, 2.45) is 0 Å². The maximum atomic E-state index is 12.4. The van der Waals surface area contributed by atoms with Crippen molar-refractivity contribution in [3.8, 4) is 5.75 Å². The van der Waals surface area contributed by atoms with Gasteiger partial charge in [0.05, 0.1) is 19.7 Å². The van der Waals surface area contributed by atoms with Crippen molar-refractivity contribution >= 4 is 11.8 Å². The summed E-state index contributed by atoms with van der Waals surface area (Å²) in [5, 5.41) is 2.87. The lowest BCUT2D eigenvalue weighted by Crippen LogP contribution is -3.17. The molecule has 3 rings (SSSR count). The fourth-order valence-corrected chi connectivity index (χ4v) is 4.22. The fraction of sp³-hybridized carbons (Fsp3) is 0.667. The third-order valence-corrected chi connectivity index (χ3v) is 5.55. The van der Waals surface area contributed by atoms with E-state index in [-0.39, 0.29) is 24.6 Å². The summed E-state index contributed by atoms with van der Waals surface area (Å²) < 4.78 is 11.4. The number of anilines is 1. The van der Waals surface area contributed by atoms with Crippen LogP contribution in [0.25, 0.3) is 0 Å². The standard InChI is InChI=1S/C21H32N2O3.ClH/c1-2-16-25-18-12-10-17(11-13-18)22-21(24)26-20-9-5-4-8-19(20)23-14-6-3-7-15-23;/h10-13,19-20H,2-9,14-16H2,1H3,(H,22,24);1H/t19?,20-;/m1./s1. The summed E-state index contributed by atoms with van der Waals surface area (Å²) >= 11 is 0. The first kappa shape index (κ1) is 21.8. The molecule has 2 aliphatic rings. The number of ether oxygens (including phenoxy) is 2. The number of carbonyl (C=O) groups is 1. The first-order chi connectivity index (χ1) is 12.8. The molecule has 1 amide bonds. The average Bonchev–Trinajstić information content (AvgIpc) is 2.68. The summed E-state index contributed by atoms with van der Waals surface area (Å²) in [5.74, 6) is 0.826. The highest BCUT2D eigenvalue weighted by Crippen LogP contribution is 2.22. The molecule has 1 saturated heterocycles. The quantitative estimate of drug-likeness (QED) is 0.732. The van der Waals surface area contributed by atoms with E-state index in [1.54, 1.807) is 4.90 Å². The van der Waals surface area contributed by atoms with Crippen LogP contribution in [0.4, 0.5) is 10.5 Å². The lowest BCUT2D eigenvalue weighted by atomic mass is 9.90. The Kier molecular flexibility index (Phi) is 9.22. The monoisotopic (exact) mass is 396 g/mol. The number of benzene rings is 1. The summed E-state index contributed by atoms with van der Waals surface area (Å²) in [4.78, 5) is 14.0. The number of likely N-dealkylation sites (tertiary alicyclic amines) is 1. The molecule has 1 heterocycles. The van der Waals surface area contributed by atoms with E-state index >= 15 is 0 Å². The molecular formula is C21H33ClN2O3. The van der Waals surface area contributed by atoms with Gasteiger partial charge in [0, 0.05) is 12.1 Å². The smallest absolute Gasteiger partial charge is 0.412 e. The van der Waals surface area contributed by atoms with Gasteiger partial charge in [-0.2, -0.15) is 0 Å². The van der Waals surface area contributed by atoms with Crippen LogP contribution in [0, 0.1) is 0 Å². The van der Waals surface area contributed by atoms with Gasteiger partial charge in [0.15, 0.2) is 6.10 Å². The first-order valence-electron chi connectivity index (χ1n) is 10.3. The minimum Gasteiger partial charge on any atom is -1.00 e. The van der Waals surface area contributed by atoms with Crippen LogP contribution >= 0.6 is 0 Å². The van der Waals surface area contributed by atoms with Crippen molar-refractivity contribution in [3.63, 3.8) is 0 Å². The average molecular weight is 397 g/mol. The second kappa shape index (κ2) is 11.4. The molecule has 0 radical (unpaired) electrons. The lowest BCUT2D eigenvalue weighted by molar-refractivity contribution is -0.934. The Labute approximate surface area is 169 Å². The van der Waals surface area contributed by atoms with Gasteiger partial charge in [-0.05, 0) is 69.2 Å². The van der Waals surface area contributed by atoms with E-state index in [2.05, 4.69) is 12.2 Å². The number of piperidine rings is 1. The SMILES string of the molecule is CCCOc1ccc(NC(=O)O[C@@H]2CCCCC2[NH+]2CCCCC2)cc1.[Cl-]. The van der Waals surface area contributed by atoms with E-state index in [1.165, 1.54) is 45.2 Å². The Morgan fingerprint density at radius 2 is 1.78 bits per heavy atom. The molecule has 152 valence electrons. The van der Waals surface area contributed by atoms with E-state index in [0.29, 0.717) is 12.6 Å². The predicted molar refractivity (Wildman–Crippen MR) is 103 cm³/mol. The van der Waals surface area contributed by atoms with Crippen molar-refractivity contribution in [2.45, 2.75) is 70.4 Å². The number of hydrogen-bond donors (Lipinski definition) is 2. The van der Waals surface area contributed by atoms with Gasteiger partial charge in [-0.25, -0.2) is 4.79 Å². The van der Waals surface area contributed by atoms with E-state index in [0.717, 1.165) is 30.7 Å². The third-order valence-electron chi connectivity index (χ3n) is 5.55. The molecule has 0 spiro atoms. The van der Waals surface area contributed by atoms with Crippen LogP contribution in [0.2, 0.25) is 0 Å². The molecule has 1 aliphatic heterocycles. The van der Waals surface area contributed by atoms with Gasteiger partial charge >= 0.3 is 6.09 Å². The Hall–Kier alpha value is -1.46. The minimum absolute atomic E-state index is 0. The number of halogens is 1. The van der Waals surface area contributed by atoms with E-state index in [9.17, 15) is 4.79 Å². The summed E-state index contributed by atoms with van der Waals surface area (Å²) in [6.07, 6.45) is 9.23. The fourth-order valence-electron chi connectivity index (χ4n) is 4.22. The number of amides is 1. The molecule has 0 aromatic heterocycles. The molecule has 1 saturated carbocycles. The molecule has 1 aromatic carbocycles. The Balaban J connectivity index is 0.00000261. The minimum atomic E-state index is -0.333. The van der Waals surface area contributed by atoms with Crippen LogP contribution in [0.5, 0.6) is 5.75 Å². The van der Waals surface area contributed by atoms with Crippen molar-refractivity contribution < 1.29 is 31.6 Å². The summed E-state index contributed by atoms with van der Waals surface area (Å²) in [7, 11) is 0. The van der Waals surface area contributed by atoms with Crippen LogP contribution in [0.1, 0.15) is 58.3 Å². The van der Waals surface area contributed by atoms with Gasteiger partial charge in [0.1, 0.15) is 11.8 Å². The zero-order valence-electron chi connectivity index (χ0n) is 16.3. The van der Waals surface area contributed by atoms with Crippen molar-refractivity contribution in [1.29, 1.82) is 0 Å². The third kappa shape index (κ3) is 6.58. The van der Waals surface area contributed by atoms with Crippen LogP contribution in [-0.2, 0) is 4.74 Å². The highest BCUT2D eigenvalue weighted by Gasteiger charge is 2.36. The van der Waals surface area contributed by atoms with Gasteiger partial charge in [-0.1, -0.05) is 6.92 Å². The van der Waals surface area contributed by atoms with Crippen LogP contribution < -0.4 is 27.4 Å². The van der Waals surface area contributed by atoms with Gasteiger partial charge in [-0.15, -0.1) is 0 Å². The van der Waals surface area contributed by atoms with Crippen LogP contribution in [0.3, 0.4) is 0 Å². The maximum absolute atomic E-state index is 12.4. The number of hydrogen-bond acceptors (Lipinski definition) is 3. The van der Waals surface area contributed by atoms with E-state index < -0.39 is 0 Å². The molecule has 2 fully saturated rings. The van der Waals surface area contributed by atoms with E-state index in [4.69, 9.17) is 9.47 Å². The summed E-state index contributed by atoms with van der Waals surface area (Å²) in [6.45, 7) is 5.24. The first-order valence-corrected chi connectivity index (χ1v) is 10.3. The molecule has 1 aromatic rings. The molecule has 5 nitrogen and oxygen atoms in total.